The SMILES string of the molecule is CC(C)(C)N(CCC(=O)O)C(=O)c1ccc2c(c1)NCC2. The molecule has 2 rings (SSSR count). The molecule has 1 aliphatic rings. The maximum absolute atomic E-state index is 12.7. The van der Waals surface area contributed by atoms with Crippen molar-refractivity contribution < 1.29 is 14.7 Å². The molecule has 5 heteroatoms. The number of hydrogen-bond acceptors (Lipinski definition) is 3. The molecule has 21 heavy (non-hydrogen) atoms. The Labute approximate surface area is 125 Å². The van der Waals surface area contributed by atoms with Gasteiger partial charge in [-0.2, -0.15) is 0 Å². The fourth-order valence-corrected chi connectivity index (χ4v) is 2.53. The van der Waals surface area contributed by atoms with Gasteiger partial charge in [-0.1, -0.05) is 6.07 Å². The van der Waals surface area contributed by atoms with Crippen molar-refractivity contribution in [1.29, 1.82) is 0 Å². The monoisotopic (exact) mass is 290 g/mol. The number of nitrogens with zero attached hydrogens (tertiary/aromatic N) is 1. The topological polar surface area (TPSA) is 69.6 Å². The van der Waals surface area contributed by atoms with Crippen molar-refractivity contribution in [2.45, 2.75) is 39.2 Å². The van der Waals surface area contributed by atoms with E-state index in [9.17, 15) is 9.59 Å². The fraction of sp³-hybridized carbons (Fsp3) is 0.500. The van der Waals surface area contributed by atoms with Crippen molar-refractivity contribution in [2.75, 3.05) is 18.4 Å². The first-order chi connectivity index (χ1) is 9.79. The number of nitrogens with one attached hydrogen (secondary N) is 1. The quantitative estimate of drug-likeness (QED) is 0.893. The zero-order chi connectivity index (χ0) is 15.6. The van der Waals surface area contributed by atoms with E-state index in [4.69, 9.17) is 5.11 Å². The van der Waals surface area contributed by atoms with Crippen LogP contribution in [-0.4, -0.2) is 40.5 Å². The molecule has 1 amide bonds. The summed E-state index contributed by atoms with van der Waals surface area (Å²) in [5.74, 6) is -1.02. The molecule has 0 unspecified atom stereocenters. The maximum Gasteiger partial charge on any atom is 0.305 e. The Morgan fingerprint density at radius 2 is 2.05 bits per heavy atom. The fourth-order valence-electron chi connectivity index (χ4n) is 2.53. The van der Waals surface area contributed by atoms with Crippen LogP contribution in [0.4, 0.5) is 5.69 Å². The van der Waals surface area contributed by atoms with Gasteiger partial charge in [-0.3, -0.25) is 9.59 Å². The summed E-state index contributed by atoms with van der Waals surface area (Å²) < 4.78 is 0. The summed E-state index contributed by atoms with van der Waals surface area (Å²) in [4.78, 5) is 25.1. The van der Waals surface area contributed by atoms with Crippen LogP contribution in [0.1, 0.15) is 43.1 Å². The number of benzene rings is 1. The average molecular weight is 290 g/mol. The van der Waals surface area contributed by atoms with Gasteiger partial charge >= 0.3 is 5.97 Å². The van der Waals surface area contributed by atoms with Crippen molar-refractivity contribution in [1.82, 2.24) is 4.90 Å². The summed E-state index contributed by atoms with van der Waals surface area (Å²) in [6.45, 7) is 6.85. The molecular formula is C16H22N2O3. The van der Waals surface area contributed by atoms with Gasteiger partial charge in [0.05, 0.1) is 6.42 Å². The van der Waals surface area contributed by atoms with Gasteiger partial charge in [0, 0.05) is 29.9 Å². The largest absolute Gasteiger partial charge is 0.481 e. The molecule has 0 fully saturated rings. The summed E-state index contributed by atoms with van der Waals surface area (Å²) in [5, 5.41) is 12.1. The summed E-state index contributed by atoms with van der Waals surface area (Å²) in [7, 11) is 0. The normalized spacial score (nSPS) is 13.5. The second-order valence-corrected chi connectivity index (χ2v) is 6.32. The van der Waals surface area contributed by atoms with Crippen molar-refractivity contribution in [2.24, 2.45) is 0 Å². The summed E-state index contributed by atoms with van der Waals surface area (Å²) in [6.07, 6.45) is 0.929. The second-order valence-electron chi connectivity index (χ2n) is 6.32. The number of carboxylic acids is 1. The molecule has 1 aromatic rings. The van der Waals surface area contributed by atoms with Crippen LogP contribution in [0.25, 0.3) is 0 Å². The molecule has 0 bridgehead atoms. The number of rotatable bonds is 4. The van der Waals surface area contributed by atoms with E-state index in [1.807, 2.05) is 39.0 Å². The van der Waals surface area contributed by atoms with Crippen molar-refractivity contribution >= 4 is 17.6 Å². The molecule has 1 aliphatic heterocycles. The molecule has 0 saturated carbocycles. The van der Waals surface area contributed by atoms with Gasteiger partial charge in [-0.05, 0) is 44.9 Å². The van der Waals surface area contributed by atoms with Gasteiger partial charge in [0.1, 0.15) is 0 Å². The van der Waals surface area contributed by atoms with Crippen LogP contribution in [-0.2, 0) is 11.2 Å². The van der Waals surface area contributed by atoms with Crippen LogP contribution in [0, 0.1) is 0 Å². The number of carboxylic acid groups (broad SMARTS) is 1. The third-order valence-corrected chi connectivity index (χ3v) is 3.67. The van der Waals surface area contributed by atoms with E-state index in [0.717, 1.165) is 18.7 Å². The van der Waals surface area contributed by atoms with E-state index in [1.54, 1.807) is 4.90 Å². The summed E-state index contributed by atoms with van der Waals surface area (Å²) in [5.41, 5.74) is 2.41. The second kappa shape index (κ2) is 5.76. The Morgan fingerprint density at radius 3 is 2.67 bits per heavy atom. The first kappa shape index (κ1) is 15.4. The molecule has 0 radical (unpaired) electrons. The third-order valence-electron chi connectivity index (χ3n) is 3.67. The van der Waals surface area contributed by atoms with Gasteiger partial charge in [-0.15, -0.1) is 0 Å². The minimum absolute atomic E-state index is 0.0494. The van der Waals surface area contributed by atoms with Crippen LogP contribution in [0.2, 0.25) is 0 Å². The lowest BCUT2D eigenvalue weighted by molar-refractivity contribution is -0.137. The van der Waals surface area contributed by atoms with Gasteiger partial charge < -0.3 is 15.3 Å². The third kappa shape index (κ3) is 3.54. The van der Waals surface area contributed by atoms with Crippen LogP contribution >= 0.6 is 0 Å². The highest BCUT2D eigenvalue weighted by atomic mass is 16.4. The van der Waals surface area contributed by atoms with Gasteiger partial charge in [0.15, 0.2) is 0 Å². The predicted octanol–water partition coefficient (Wildman–Crippen LogP) is 2.37. The molecule has 0 spiro atoms. The molecule has 2 N–H and O–H groups in total. The summed E-state index contributed by atoms with van der Waals surface area (Å²) >= 11 is 0. The van der Waals surface area contributed by atoms with Gasteiger partial charge in [0.25, 0.3) is 5.91 Å². The molecule has 0 aromatic heterocycles. The smallest absolute Gasteiger partial charge is 0.305 e. The standard InChI is InChI=1S/C16H22N2O3/c1-16(2,3)18(9-7-14(19)20)15(21)12-5-4-11-6-8-17-13(11)10-12/h4-5,10,17H,6-9H2,1-3H3,(H,19,20). The van der Waals surface area contributed by atoms with E-state index < -0.39 is 11.5 Å². The number of fused-ring (bicyclic) bond motifs is 1. The number of carbonyl (C=O) groups is 2. The van der Waals surface area contributed by atoms with E-state index >= 15 is 0 Å². The van der Waals surface area contributed by atoms with Crippen LogP contribution in [0.15, 0.2) is 18.2 Å². The maximum atomic E-state index is 12.7. The van der Waals surface area contributed by atoms with E-state index in [0.29, 0.717) is 5.56 Å². The first-order valence-electron chi connectivity index (χ1n) is 7.19. The molecular weight excluding hydrogens is 268 g/mol. The number of amides is 1. The molecule has 1 aromatic carbocycles. The molecule has 0 saturated heterocycles. The number of anilines is 1. The minimum atomic E-state index is -0.896. The average Bonchev–Trinajstić information content (AvgIpc) is 2.83. The van der Waals surface area contributed by atoms with Gasteiger partial charge in [0.2, 0.25) is 0 Å². The number of hydrogen-bond donors (Lipinski definition) is 2. The highest BCUT2D eigenvalue weighted by molar-refractivity contribution is 5.96. The summed E-state index contributed by atoms with van der Waals surface area (Å²) in [6, 6.07) is 5.67. The zero-order valence-corrected chi connectivity index (χ0v) is 12.8. The molecule has 5 nitrogen and oxygen atoms in total. The van der Waals surface area contributed by atoms with Crippen LogP contribution in [0.5, 0.6) is 0 Å². The van der Waals surface area contributed by atoms with E-state index in [-0.39, 0.29) is 18.9 Å². The Morgan fingerprint density at radius 1 is 1.33 bits per heavy atom. The van der Waals surface area contributed by atoms with Crippen molar-refractivity contribution in [3.8, 4) is 0 Å². The van der Waals surface area contributed by atoms with Gasteiger partial charge in [-0.25, -0.2) is 0 Å². The highest BCUT2D eigenvalue weighted by Crippen LogP contribution is 2.25. The highest BCUT2D eigenvalue weighted by Gasteiger charge is 2.28. The Balaban J connectivity index is 2.23. The van der Waals surface area contributed by atoms with Crippen molar-refractivity contribution in [3.05, 3.63) is 29.3 Å². The number of carbonyl (C=O) groups excluding carboxylic acids is 1. The number of aliphatic carboxylic acids is 1. The lowest BCUT2D eigenvalue weighted by Crippen LogP contribution is -2.46. The predicted molar refractivity (Wildman–Crippen MR) is 81.7 cm³/mol. The molecule has 114 valence electrons. The minimum Gasteiger partial charge on any atom is -0.481 e. The first-order valence-corrected chi connectivity index (χ1v) is 7.19. The van der Waals surface area contributed by atoms with Crippen LogP contribution < -0.4 is 5.32 Å². The molecule has 0 atom stereocenters. The Bertz CT molecular complexity index is 561. The van der Waals surface area contributed by atoms with E-state index in [1.165, 1.54) is 5.56 Å². The Kier molecular flexibility index (Phi) is 4.21. The lowest BCUT2D eigenvalue weighted by atomic mass is 10.0. The molecule has 1 heterocycles. The zero-order valence-electron chi connectivity index (χ0n) is 12.8. The van der Waals surface area contributed by atoms with E-state index in [2.05, 4.69) is 5.32 Å². The van der Waals surface area contributed by atoms with Crippen molar-refractivity contribution in [3.63, 3.8) is 0 Å². The lowest BCUT2D eigenvalue weighted by Gasteiger charge is -2.35. The Hall–Kier alpha value is -2.04. The molecule has 0 aliphatic carbocycles. The van der Waals surface area contributed by atoms with Crippen LogP contribution in [0.3, 0.4) is 0 Å².